The van der Waals surface area contributed by atoms with Gasteiger partial charge in [-0.3, -0.25) is 4.57 Å². The summed E-state index contributed by atoms with van der Waals surface area (Å²) in [4.78, 5) is 6.17. The van der Waals surface area contributed by atoms with Crippen LogP contribution in [0.1, 0.15) is 11.3 Å². The number of H-pyrrole nitrogens is 2. The molecular formula is C13H12ClN3OS. The molecule has 0 atom stereocenters. The minimum atomic E-state index is 0.168. The zero-order chi connectivity index (χ0) is 13.6. The number of aromatic amines is 2. The number of fused-ring (bicyclic) bond motifs is 1. The molecule has 98 valence electrons. The largest absolute Gasteiger partial charge is 0.493 e. The van der Waals surface area contributed by atoms with Crippen molar-refractivity contribution in [2.45, 2.75) is 6.42 Å². The molecule has 4 nitrogen and oxygen atoms in total. The Morgan fingerprint density at radius 1 is 1.42 bits per heavy atom. The molecule has 0 fully saturated rings. The molecule has 3 N–H and O–H groups in total. The van der Waals surface area contributed by atoms with Gasteiger partial charge in [0.15, 0.2) is 4.77 Å². The lowest BCUT2D eigenvalue weighted by atomic mass is 10.1. The lowest BCUT2D eigenvalue weighted by Gasteiger charge is -1.99. The van der Waals surface area contributed by atoms with Crippen LogP contribution >= 0.6 is 23.8 Å². The van der Waals surface area contributed by atoms with Crippen molar-refractivity contribution in [3.05, 3.63) is 45.4 Å². The molecule has 2 aromatic heterocycles. The highest BCUT2D eigenvalue weighted by Crippen LogP contribution is 2.28. The molecule has 0 aliphatic heterocycles. The van der Waals surface area contributed by atoms with Crippen LogP contribution in [0.15, 0.2) is 24.4 Å². The fraction of sp³-hybridized carbons (Fsp3) is 0.154. The van der Waals surface area contributed by atoms with E-state index in [4.69, 9.17) is 23.8 Å². The Labute approximate surface area is 119 Å². The number of para-hydroxylation sites is 1. The topological polar surface area (TPSA) is 56.7 Å². The molecular weight excluding hydrogens is 282 g/mol. The average molecular weight is 294 g/mol. The number of benzene rings is 1. The molecule has 2 heterocycles. The van der Waals surface area contributed by atoms with E-state index in [1.54, 1.807) is 11.6 Å². The lowest BCUT2D eigenvalue weighted by molar-refractivity contribution is 0.426. The van der Waals surface area contributed by atoms with E-state index in [0.717, 1.165) is 16.5 Å². The van der Waals surface area contributed by atoms with Crippen molar-refractivity contribution in [2.24, 2.45) is 7.05 Å². The van der Waals surface area contributed by atoms with Crippen LogP contribution in [0.5, 0.6) is 5.88 Å². The summed E-state index contributed by atoms with van der Waals surface area (Å²) in [7, 11) is 1.73. The van der Waals surface area contributed by atoms with E-state index in [-0.39, 0.29) is 5.88 Å². The summed E-state index contributed by atoms with van der Waals surface area (Å²) in [6.45, 7) is 0. The zero-order valence-electron chi connectivity index (χ0n) is 10.2. The predicted octanol–water partition coefficient (Wildman–Crippen LogP) is 3.51. The van der Waals surface area contributed by atoms with Crippen LogP contribution in [0.4, 0.5) is 0 Å². The number of imidazole rings is 1. The van der Waals surface area contributed by atoms with E-state index in [0.29, 0.717) is 21.9 Å². The fourth-order valence-corrected chi connectivity index (χ4v) is 2.64. The molecule has 0 bridgehead atoms. The Balaban J connectivity index is 2.09. The summed E-state index contributed by atoms with van der Waals surface area (Å²) in [5.41, 5.74) is 2.67. The van der Waals surface area contributed by atoms with Gasteiger partial charge in [0, 0.05) is 25.1 Å². The van der Waals surface area contributed by atoms with Gasteiger partial charge in [0.25, 0.3) is 0 Å². The maximum atomic E-state index is 9.97. The van der Waals surface area contributed by atoms with Crippen molar-refractivity contribution in [1.29, 1.82) is 0 Å². The van der Waals surface area contributed by atoms with Gasteiger partial charge >= 0.3 is 0 Å². The summed E-state index contributed by atoms with van der Waals surface area (Å²) in [5.74, 6) is 0.168. The van der Waals surface area contributed by atoms with Crippen LogP contribution in [0, 0.1) is 4.77 Å². The molecule has 0 aliphatic rings. The molecule has 0 saturated carbocycles. The van der Waals surface area contributed by atoms with Crippen molar-refractivity contribution >= 4 is 34.7 Å². The van der Waals surface area contributed by atoms with E-state index in [2.05, 4.69) is 9.97 Å². The maximum absolute atomic E-state index is 9.97. The van der Waals surface area contributed by atoms with E-state index in [9.17, 15) is 5.11 Å². The number of hydrogen-bond acceptors (Lipinski definition) is 2. The van der Waals surface area contributed by atoms with Crippen LogP contribution in [-0.4, -0.2) is 19.6 Å². The van der Waals surface area contributed by atoms with E-state index < -0.39 is 0 Å². The van der Waals surface area contributed by atoms with Gasteiger partial charge in [-0.2, -0.15) is 0 Å². The van der Waals surface area contributed by atoms with Gasteiger partial charge in [-0.05, 0) is 23.8 Å². The molecule has 0 amide bonds. The van der Waals surface area contributed by atoms with Crippen molar-refractivity contribution in [3.63, 3.8) is 0 Å². The smallest absolute Gasteiger partial charge is 0.213 e. The molecule has 19 heavy (non-hydrogen) atoms. The van der Waals surface area contributed by atoms with Crippen molar-refractivity contribution in [2.75, 3.05) is 0 Å². The van der Waals surface area contributed by atoms with Gasteiger partial charge in [0.1, 0.15) is 0 Å². The van der Waals surface area contributed by atoms with Crippen LogP contribution in [0.3, 0.4) is 0 Å². The summed E-state index contributed by atoms with van der Waals surface area (Å²) >= 11 is 11.2. The number of aromatic hydroxyl groups is 1. The highest BCUT2D eigenvalue weighted by molar-refractivity contribution is 7.71. The molecule has 0 radical (unpaired) electrons. The highest BCUT2D eigenvalue weighted by atomic mass is 35.5. The van der Waals surface area contributed by atoms with Crippen LogP contribution in [0.2, 0.25) is 5.02 Å². The second-order valence-corrected chi connectivity index (χ2v) is 5.24. The first-order valence-electron chi connectivity index (χ1n) is 5.79. The molecule has 3 aromatic rings. The minimum Gasteiger partial charge on any atom is -0.493 e. The highest BCUT2D eigenvalue weighted by Gasteiger charge is 2.12. The Hall–Kier alpha value is -1.72. The molecule has 0 spiro atoms. The summed E-state index contributed by atoms with van der Waals surface area (Å²) in [6.07, 6.45) is 2.47. The summed E-state index contributed by atoms with van der Waals surface area (Å²) < 4.78 is 2.05. The van der Waals surface area contributed by atoms with Gasteiger partial charge in [0.2, 0.25) is 5.88 Å². The third kappa shape index (κ3) is 1.95. The molecule has 0 unspecified atom stereocenters. The summed E-state index contributed by atoms with van der Waals surface area (Å²) in [6, 6.07) is 5.76. The van der Waals surface area contributed by atoms with E-state index in [1.165, 1.54) is 0 Å². The Kier molecular flexibility index (Phi) is 2.88. The van der Waals surface area contributed by atoms with Gasteiger partial charge in [0.05, 0.1) is 16.2 Å². The normalized spacial score (nSPS) is 11.3. The van der Waals surface area contributed by atoms with Crippen molar-refractivity contribution in [1.82, 2.24) is 14.5 Å². The minimum absolute atomic E-state index is 0.168. The molecule has 0 saturated heterocycles. The van der Waals surface area contributed by atoms with Gasteiger partial charge < -0.3 is 15.1 Å². The number of aromatic nitrogens is 3. The second-order valence-electron chi connectivity index (χ2n) is 4.44. The van der Waals surface area contributed by atoms with Crippen molar-refractivity contribution in [3.8, 4) is 5.88 Å². The van der Waals surface area contributed by atoms with Gasteiger partial charge in [-0.25, -0.2) is 0 Å². The first kappa shape index (κ1) is 12.3. The number of hydrogen-bond donors (Lipinski definition) is 3. The fourth-order valence-electron chi connectivity index (χ4n) is 2.20. The molecule has 6 heteroatoms. The lowest BCUT2D eigenvalue weighted by Crippen LogP contribution is -1.89. The second kappa shape index (κ2) is 4.43. The predicted molar refractivity (Wildman–Crippen MR) is 78.4 cm³/mol. The van der Waals surface area contributed by atoms with E-state index in [1.807, 2.05) is 24.4 Å². The van der Waals surface area contributed by atoms with Crippen LogP contribution < -0.4 is 0 Å². The number of rotatable bonds is 2. The first-order valence-corrected chi connectivity index (χ1v) is 6.58. The average Bonchev–Trinajstić information content (AvgIpc) is 2.90. The third-order valence-corrected chi connectivity index (χ3v) is 3.96. The Morgan fingerprint density at radius 2 is 2.21 bits per heavy atom. The monoisotopic (exact) mass is 293 g/mol. The number of nitrogens with one attached hydrogen (secondary N) is 2. The Bertz CT molecular complexity index is 815. The van der Waals surface area contributed by atoms with Crippen LogP contribution in [0.25, 0.3) is 10.9 Å². The third-order valence-electron chi connectivity index (χ3n) is 3.27. The van der Waals surface area contributed by atoms with Gasteiger partial charge in [-0.15, -0.1) is 0 Å². The number of nitrogens with zero attached hydrogens (tertiary/aromatic N) is 1. The SMILES string of the molecule is Cn1c(O)c(Cc2c[nH]c3c(Cl)cccc23)[nH]c1=S. The first-order chi connectivity index (χ1) is 9.08. The van der Waals surface area contributed by atoms with Crippen LogP contribution in [-0.2, 0) is 13.5 Å². The number of halogens is 1. The standard InChI is InChI=1S/C13H12ClN3OS/c1-17-12(18)10(16-13(17)19)5-7-6-15-11-8(7)3-2-4-9(11)14/h2-4,6,15,18H,5H2,1H3,(H,16,19). The zero-order valence-corrected chi connectivity index (χ0v) is 11.8. The van der Waals surface area contributed by atoms with Gasteiger partial charge in [-0.1, -0.05) is 23.7 Å². The van der Waals surface area contributed by atoms with Crippen molar-refractivity contribution < 1.29 is 5.11 Å². The van der Waals surface area contributed by atoms with E-state index >= 15 is 0 Å². The Morgan fingerprint density at radius 3 is 2.89 bits per heavy atom. The quantitative estimate of drug-likeness (QED) is 0.633. The molecule has 1 aromatic carbocycles. The summed E-state index contributed by atoms with van der Waals surface area (Å²) in [5, 5.41) is 11.7. The molecule has 0 aliphatic carbocycles. The molecule has 3 rings (SSSR count). The maximum Gasteiger partial charge on any atom is 0.213 e.